The molecule has 0 fully saturated rings. The molecular formula is C23H20NP. The molecule has 0 bridgehead atoms. The molecule has 0 saturated carbocycles. The summed E-state index contributed by atoms with van der Waals surface area (Å²) >= 11 is 0. The molecule has 25 heavy (non-hydrogen) atoms. The molecule has 4 aromatic rings. The zero-order chi connectivity index (χ0) is 17.1. The van der Waals surface area contributed by atoms with Crippen molar-refractivity contribution in [1.29, 1.82) is 0 Å². The third-order valence-electron chi connectivity index (χ3n) is 4.42. The highest BCUT2D eigenvalue weighted by atomic mass is 31.1. The SMILES string of the molecule is CN(c1cccc2ccccc12)P(c1ccccc1)c1ccccc1. The Morgan fingerprint density at radius 3 is 1.72 bits per heavy atom. The lowest BCUT2D eigenvalue weighted by Gasteiger charge is -2.31. The van der Waals surface area contributed by atoms with E-state index in [0.29, 0.717) is 0 Å². The summed E-state index contributed by atoms with van der Waals surface area (Å²) in [4.78, 5) is 0. The molecule has 4 rings (SSSR count). The summed E-state index contributed by atoms with van der Waals surface area (Å²) in [5, 5.41) is 5.30. The summed E-state index contributed by atoms with van der Waals surface area (Å²) < 4.78 is 2.45. The molecule has 0 aliphatic carbocycles. The van der Waals surface area contributed by atoms with Gasteiger partial charge in [-0.15, -0.1) is 0 Å². The van der Waals surface area contributed by atoms with Gasteiger partial charge in [0, 0.05) is 28.7 Å². The smallest absolute Gasteiger partial charge is 0.0547 e. The minimum Gasteiger partial charge on any atom is -0.346 e. The molecule has 0 aliphatic heterocycles. The molecule has 1 nitrogen and oxygen atoms in total. The maximum Gasteiger partial charge on any atom is 0.0547 e. The summed E-state index contributed by atoms with van der Waals surface area (Å²) in [5.41, 5.74) is 1.27. The first kappa shape index (κ1) is 15.9. The predicted molar refractivity (Wildman–Crippen MR) is 111 cm³/mol. The van der Waals surface area contributed by atoms with E-state index >= 15 is 0 Å². The van der Waals surface area contributed by atoms with Crippen molar-refractivity contribution in [3.8, 4) is 0 Å². The van der Waals surface area contributed by atoms with Crippen LogP contribution in [0.3, 0.4) is 0 Å². The van der Waals surface area contributed by atoms with Gasteiger partial charge >= 0.3 is 0 Å². The molecule has 0 aliphatic rings. The van der Waals surface area contributed by atoms with Crippen LogP contribution in [0.5, 0.6) is 0 Å². The van der Waals surface area contributed by atoms with E-state index in [2.05, 4.69) is 115 Å². The van der Waals surface area contributed by atoms with E-state index < -0.39 is 8.07 Å². The summed E-state index contributed by atoms with van der Waals surface area (Å²) in [6, 6.07) is 36.8. The largest absolute Gasteiger partial charge is 0.346 e. The summed E-state index contributed by atoms with van der Waals surface area (Å²) in [7, 11) is 1.59. The maximum absolute atomic E-state index is 2.45. The number of hydrogen-bond donors (Lipinski definition) is 0. The molecular weight excluding hydrogens is 321 g/mol. The Hall–Kier alpha value is -2.63. The zero-order valence-corrected chi connectivity index (χ0v) is 15.1. The lowest BCUT2D eigenvalue weighted by Crippen LogP contribution is -2.25. The van der Waals surface area contributed by atoms with Crippen molar-refractivity contribution in [3.63, 3.8) is 0 Å². The Labute approximate surface area is 150 Å². The fourth-order valence-electron chi connectivity index (χ4n) is 3.23. The second-order valence-corrected chi connectivity index (χ2v) is 8.26. The monoisotopic (exact) mass is 341 g/mol. The summed E-state index contributed by atoms with van der Waals surface area (Å²) in [5.74, 6) is 0. The highest BCUT2D eigenvalue weighted by Gasteiger charge is 2.20. The van der Waals surface area contributed by atoms with Crippen LogP contribution in [0.25, 0.3) is 10.8 Å². The van der Waals surface area contributed by atoms with Crippen molar-refractivity contribution in [2.75, 3.05) is 11.7 Å². The van der Waals surface area contributed by atoms with E-state index in [1.54, 1.807) is 0 Å². The second-order valence-electron chi connectivity index (χ2n) is 6.00. The van der Waals surface area contributed by atoms with Gasteiger partial charge in [-0.1, -0.05) is 97.1 Å². The molecule has 2 heteroatoms. The van der Waals surface area contributed by atoms with Crippen molar-refractivity contribution in [3.05, 3.63) is 103 Å². The molecule has 0 spiro atoms. The molecule has 0 radical (unpaired) electrons. The van der Waals surface area contributed by atoms with Gasteiger partial charge in [0.2, 0.25) is 0 Å². The van der Waals surface area contributed by atoms with Gasteiger partial charge in [-0.2, -0.15) is 0 Å². The van der Waals surface area contributed by atoms with E-state index in [9.17, 15) is 0 Å². The highest BCUT2D eigenvalue weighted by molar-refractivity contribution is 7.74. The fourth-order valence-corrected chi connectivity index (χ4v) is 5.52. The molecule has 0 amide bonds. The van der Waals surface area contributed by atoms with Crippen LogP contribution in [0.4, 0.5) is 5.69 Å². The number of fused-ring (bicyclic) bond motifs is 1. The molecule has 122 valence electrons. The Balaban J connectivity index is 1.87. The molecule has 4 aromatic carbocycles. The lowest BCUT2D eigenvalue weighted by molar-refractivity contribution is 1.36. The molecule has 0 N–H and O–H groups in total. The van der Waals surface area contributed by atoms with Gasteiger partial charge < -0.3 is 4.67 Å². The van der Waals surface area contributed by atoms with E-state index in [0.717, 1.165) is 0 Å². The van der Waals surface area contributed by atoms with Crippen LogP contribution in [0.1, 0.15) is 0 Å². The van der Waals surface area contributed by atoms with Crippen molar-refractivity contribution in [2.24, 2.45) is 0 Å². The van der Waals surface area contributed by atoms with Gasteiger partial charge in [0.1, 0.15) is 0 Å². The summed E-state index contributed by atoms with van der Waals surface area (Å²) in [6.45, 7) is 0. The van der Waals surface area contributed by atoms with Crippen molar-refractivity contribution >= 4 is 35.1 Å². The first-order valence-corrected chi connectivity index (χ1v) is 9.76. The Kier molecular flexibility index (Phi) is 4.50. The van der Waals surface area contributed by atoms with Crippen molar-refractivity contribution < 1.29 is 0 Å². The Bertz CT molecular complexity index is 922. The van der Waals surface area contributed by atoms with Crippen molar-refractivity contribution in [1.82, 2.24) is 0 Å². The van der Waals surface area contributed by atoms with E-state index in [4.69, 9.17) is 0 Å². The van der Waals surface area contributed by atoms with Gasteiger partial charge in [-0.25, -0.2) is 0 Å². The summed E-state index contributed by atoms with van der Waals surface area (Å²) in [6.07, 6.45) is 0. The molecule has 0 saturated heterocycles. The predicted octanol–water partition coefficient (Wildman–Crippen LogP) is 5.32. The third-order valence-corrected chi connectivity index (χ3v) is 6.81. The highest BCUT2D eigenvalue weighted by Crippen LogP contribution is 2.43. The van der Waals surface area contributed by atoms with Crippen LogP contribution in [-0.4, -0.2) is 7.05 Å². The minimum atomic E-state index is -0.628. The minimum absolute atomic E-state index is 0.628. The average molecular weight is 341 g/mol. The maximum atomic E-state index is 2.45. The van der Waals surface area contributed by atoms with E-state index in [1.807, 2.05) is 0 Å². The average Bonchev–Trinajstić information content (AvgIpc) is 2.69. The van der Waals surface area contributed by atoms with E-state index in [1.165, 1.54) is 27.1 Å². The first-order valence-electron chi connectivity index (χ1n) is 8.46. The van der Waals surface area contributed by atoms with Gasteiger partial charge in [0.15, 0.2) is 0 Å². The Morgan fingerprint density at radius 1 is 0.560 bits per heavy atom. The lowest BCUT2D eigenvalue weighted by atomic mass is 10.1. The number of anilines is 1. The van der Waals surface area contributed by atoms with Gasteiger partial charge in [0.05, 0.1) is 8.07 Å². The third kappa shape index (κ3) is 3.16. The van der Waals surface area contributed by atoms with Crippen LogP contribution in [0.15, 0.2) is 103 Å². The molecule has 0 aromatic heterocycles. The first-order chi connectivity index (χ1) is 12.3. The van der Waals surface area contributed by atoms with Crippen molar-refractivity contribution in [2.45, 2.75) is 0 Å². The van der Waals surface area contributed by atoms with Crippen LogP contribution in [-0.2, 0) is 0 Å². The van der Waals surface area contributed by atoms with Gasteiger partial charge in [-0.3, -0.25) is 0 Å². The van der Waals surface area contributed by atoms with Crippen LogP contribution < -0.4 is 15.3 Å². The molecule has 0 heterocycles. The quantitative estimate of drug-likeness (QED) is 0.454. The number of rotatable bonds is 4. The molecule has 0 unspecified atom stereocenters. The topological polar surface area (TPSA) is 3.24 Å². The number of benzene rings is 4. The normalized spacial score (nSPS) is 11.0. The van der Waals surface area contributed by atoms with Crippen LogP contribution >= 0.6 is 8.07 Å². The second kappa shape index (κ2) is 7.09. The van der Waals surface area contributed by atoms with E-state index in [-0.39, 0.29) is 0 Å². The standard InChI is InChI=1S/C23H20NP/c1-24(23-18-10-12-19-11-8-9-17-22(19)23)25(20-13-4-2-5-14-20)21-15-6-3-7-16-21/h2-18H,1H3. The Morgan fingerprint density at radius 2 is 1.08 bits per heavy atom. The number of hydrogen-bond acceptors (Lipinski definition) is 1. The van der Waals surface area contributed by atoms with Crippen LogP contribution in [0, 0.1) is 0 Å². The van der Waals surface area contributed by atoms with Gasteiger partial charge in [0.25, 0.3) is 0 Å². The fraction of sp³-hybridized carbons (Fsp3) is 0.0435. The zero-order valence-electron chi connectivity index (χ0n) is 14.2. The van der Waals surface area contributed by atoms with Crippen LogP contribution in [0.2, 0.25) is 0 Å². The molecule has 0 atom stereocenters. The van der Waals surface area contributed by atoms with Gasteiger partial charge in [-0.05, 0) is 11.5 Å². The number of nitrogens with zero attached hydrogens (tertiary/aromatic N) is 1.